The average molecular weight is 280 g/mol. The fourth-order valence-corrected chi connectivity index (χ4v) is 3.90. The zero-order valence-electron chi connectivity index (χ0n) is 12.2. The Hall–Kier alpha value is -2.60. The van der Waals surface area contributed by atoms with Gasteiger partial charge in [-0.1, -0.05) is 72.9 Å². The van der Waals surface area contributed by atoms with E-state index in [4.69, 9.17) is 0 Å². The maximum absolute atomic E-state index is 2.38. The van der Waals surface area contributed by atoms with E-state index < -0.39 is 0 Å². The summed E-state index contributed by atoms with van der Waals surface area (Å²) < 4.78 is 0. The summed E-state index contributed by atoms with van der Waals surface area (Å²) in [5, 5.41) is 2.64. The molecule has 0 fully saturated rings. The first-order valence-corrected chi connectivity index (χ1v) is 7.88. The van der Waals surface area contributed by atoms with E-state index in [1.807, 2.05) is 0 Å². The van der Waals surface area contributed by atoms with Crippen molar-refractivity contribution in [2.24, 2.45) is 11.8 Å². The van der Waals surface area contributed by atoms with E-state index in [0.717, 1.165) is 0 Å². The molecule has 0 saturated heterocycles. The lowest BCUT2D eigenvalue weighted by Gasteiger charge is -2.33. The second-order valence-electron chi connectivity index (χ2n) is 6.23. The van der Waals surface area contributed by atoms with Gasteiger partial charge in [-0.3, -0.25) is 0 Å². The van der Waals surface area contributed by atoms with Crippen LogP contribution in [0.25, 0.3) is 22.4 Å². The largest absolute Gasteiger partial charge is 0.0761 e. The second kappa shape index (κ2) is 4.45. The lowest BCUT2D eigenvalue weighted by atomic mass is 9.70. The first-order valence-electron chi connectivity index (χ1n) is 7.88. The van der Waals surface area contributed by atoms with Crippen molar-refractivity contribution in [1.29, 1.82) is 0 Å². The lowest BCUT2D eigenvalue weighted by molar-refractivity contribution is 0.656. The number of hydrogen-bond acceptors (Lipinski definition) is 0. The van der Waals surface area contributed by atoms with E-state index in [0.29, 0.717) is 11.8 Å². The Morgan fingerprint density at radius 1 is 0.727 bits per heavy atom. The quantitative estimate of drug-likeness (QED) is 0.593. The van der Waals surface area contributed by atoms with Crippen molar-refractivity contribution < 1.29 is 0 Å². The van der Waals surface area contributed by atoms with Gasteiger partial charge in [0.15, 0.2) is 0 Å². The van der Waals surface area contributed by atoms with Gasteiger partial charge in [-0.05, 0) is 45.2 Å². The summed E-state index contributed by atoms with van der Waals surface area (Å²) in [6.45, 7) is 0. The van der Waals surface area contributed by atoms with Gasteiger partial charge >= 0.3 is 0 Å². The number of allylic oxidation sites excluding steroid dienone is 9. The van der Waals surface area contributed by atoms with E-state index in [9.17, 15) is 0 Å². The van der Waals surface area contributed by atoms with Crippen LogP contribution in [0.15, 0.2) is 84.5 Å². The summed E-state index contributed by atoms with van der Waals surface area (Å²) in [6.07, 6.45) is 18.2. The molecule has 2 unspecified atom stereocenters. The maximum atomic E-state index is 2.38. The van der Waals surface area contributed by atoms with E-state index in [1.165, 1.54) is 33.0 Å². The highest BCUT2D eigenvalue weighted by atomic mass is 14.3. The standard InChI is InChI=1S/C22H16/c1-2-7-17-14-22-18(13-16(17)6-1)10-12-20-19-8-4-3-5-15(19)9-11-21(20)22/h1-14,19-20H. The highest BCUT2D eigenvalue weighted by Crippen LogP contribution is 2.45. The minimum absolute atomic E-state index is 0.467. The van der Waals surface area contributed by atoms with Crippen LogP contribution in [-0.2, 0) is 0 Å². The van der Waals surface area contributed by atoms with Gasteiger partial charge in [0, 0.05) is 11.8 Å². The van der Waals surface area contributed by atoms with Crippen molar-refractivity contribution in [2.45, 2.75) is 0 Å². The summed E-state index contributed by atoms with van der Waals surface area (Å²) in [7, 11) is 0. The predicted molar refractivity (Wildman–Crippen MR) is 94.3 cm³/mol. The molecular weight excluding hydrogens is 264 g/mol. The Bertz CT molecular complexity index is 932. The fraction of sp³-hybridized carbons (Fsp3) is 0.0909. The van der Waals surface area contributed by atoms with Gasteiger partial charge in [0.2, 0.25) is 0 Å². The first kappa shape index (κ1) is 12.0. The van der Waals surface area contributed by atoms with Crippen LogP contribution in [0.3, 0.4) is 0 Å². The van der Waals surface area contributed by atoms with Crippen molar-refractivity contribution in [2.75, 3.05) is 0 Å². The molecule has 3 aliphatic carbocycles. The molecule has 0 spiro atoms. The number of rotatable bonds is 0. The van der Waals surface area contributed by atoms with Crippen molar-refractivity contribution in [3.05, 3.63) is 95.6 Å². The normalized spacial score (nSPS) is 24.4. The van der Waals surface area contributed by atoms with Crippen LogP contribution in [0.5, 0.6) is 0 Å². The Kier molecular flexibility index (Phi) is 2.42. The summed E-state index contributed by atoms with van der Waals surface area (Å²) in [4.78, 5) is 0. The molecule has 0 heteroatoms. The molecule has 104 valence electrons. The van der Waals surface area contributed by atoms with Gasteiger partial charge < -0.3 is 0 Å². The van der Waals surface area contributed by atoms with Gasteiger partial charge in [0.25, 0.3) is 0 Å². The lowest BCUT2D eigenvalue weighted by Crippen LogP contribution is -2.20. The highest BCUT2D eigenvalue weighted by Gasteiger charge is 2.30. The van der Waals surface area contributed by atoms with E-state index >= 15 is 0 Å². The SMILES string of the molecule is C1=CC2=CC=C3c4cc5ccccc5cc4C=CC3C2C=C1. The molecule has 0 radical (unpaired) electrons. The van der Waals surface area contributed by atoms with Crippen molar-refractivity contribution in [1.82, 2.24) is 0 Å². The van der Waals surface area contributed by atoms with Crippen molar-refractivity contribution in [3.63, 3.8) is 0 Å². The van der Waals surface area contributed by atoms with Crippen LogP contribution in [0.2, 0.25) is 0 Å². The topological polar surface area (TPSA) is 0 Å². The third-order valence-electron chi connectivity index (χ3n) is 5.02. The Morgan fingerprint density at radius 2 is 1.59 bits per heavy atom. The monoisotopic (exact) mass is 280 g/mol. The second-order valence-corrected chi connectivity index (χ2v) is 6.23. The Labute approximate surface area is 130 Å². The van der Waals surface area contributed by atoms with Crippen LogP contribution in [-0.4, -0.2) is 0 Å². The summed E-state index contributed by atoms with van der Waals surface area (Å²) in [5.41, 5.74) is 5.61. The molecule has 2 aromatic carbocycles. The molecule has 0 N–H and O–H groups in total. The van der Waals surface area contributed by atoms with Crippen LogP contribution < -0.4 is 0 Å². The average Bonchev–Trinajstić information content (AvgIpc) is 2.59. The van der Waals surface area contributed by atoms with Gasteiger partial charge in [-0.25, -0.2) is 0 Å². The van der Waals surface area contributed by atoms with E-state index in [-0.39, 0.29) is 0 Å². The van der Waals surface area contributed by atoms with E-state index in [1.54, 1.807) is 0 Å². The molecule has 2 aromatic rings. The van der Waals surface area contributed by atoms with Crippen LogP contribution in [0.4, 0.5) is 0 Å². The third-order valence-corrected chi connectivity index (χ3v) is 5.02. The first-order chi connectivity index (χ1) is 10.9. The van der Waals surface area contributed by atoms with Crippen LogP contribution in [0.1, 0.15) is 11.1 Å². The third kappa shape index (κ3) is 1.64. The highest BCUT2D eigenvalue weighted by molar-refractivity contribution is 5.93. The zero-order valence-corrected chi connectivity index (χ0v) is 12.2. The van der Waals surface area contributed by atoms with Crippen LogP contribution in [0, 0.1) is 11.8 Å². The molecule has 0 heterocycles. The molecule has 0 nitrogen and oxygen atoms in total. The molecular formula is C22H16. The fourth-order valence-electron chi connectivity index (χ4n) is 3.90. The van der Waals surface area contributed by atoms with Gasteiger partial charge in [-0.2, -0.15) is 0 Å². The number of fused-ring (bicyclic) bond motifs is 6. The minimum Gasteiger partial charge on any atom is -0.0761 e. The van der Waals surface area contributed by atoms with Crippen LogP contribution >= 0.6 is 0 Å². The minimum atomic E-state index is 0.467. The van der Waals surface area contributed by atoms with Gasteiger partial charge in [-0.15, -0.1) is 0 Å². The van der Waals surface area contributed by atoms with Crippen molar-refractivity contribution in [3.8, 4) is 0 Å². The molecule has 5 rings (SSSR count). The molecule has 0 saturated carbocycles. The summed E-state index contributed by atoms with van der Waals surface area (Å²) in [6, 6.07) is 13.3. The molecule has 0 aromatic heterocycles. The molecule has 22 heavy (non-hydrogen) atoms. The smallest absolute Gasteiger partial charge is 0.0131 e. The Morgan fingerprint density at radius 3 is 2.50 bits per heavy atom. The van der Waals surface area contributed by atoms with Gasteiger partial charge in [0.05, 0.1) is 0 Å². The number of benzene rings is 2. The summed E-state index contributed by atoms with van der Waals surface area (Å²) >= 11 is 0. The molecule has 0 aliphatic heterocycles. The Balaban J connectivity index is 1.74. The molecule has 0 bridgehead atoms. The predicted octanol–water partition coefficient (Wildman–Crippen LogP) is 5.55. The van der Waals surface area contributed by atoms with Crippen molar-refractivity contribution >= 4 is 22.4 Å². The maximum Gasteiger partial charge on any atom is 0.0131 e. The van der Waals surface area contributed by atoms with E-state index in [2.05, 4.69) is 85.0 Å². The molecule has 2 atom stereocenters. The van der Waals surface area contributed by atoms with Gasteiger partial charge in [0.1, 0.15) is 0 Å². The summed E-state index contributed by atoms with van der Waals surface area (Å²) in [5.74, 6) is 0.954. The number of hydrogen-bond donors (Lipinski definition) is 0. The zero-order chi connectivity index (χ0) is 14.5. The molecule has 3 aliphatic rings. The molecule has 0 amide bonds.